The lowest BCUT2D eigenvalue weighted by Gasteiger charge is -2.31. The summed E-state index contributed by atoms with van der Waals surface area (Å²) in [6.45, 7) is -0.257. The van der Waals surface area contributed by atoms with Crippen molar-refractivity contribution in [2.75, 3.05) is 13.1 Å². The van der Waals surface area contributed by atoms with Gasteiger partial charge in [0.25, 0.3) is 0 Å². The van der Waals surface area contributed by atoms with Gasteiger partial charge in [-0.25, -0.2) is 30.0 Å². The quantitative estimate of drug-likeness (QED) is 0.289. The number of sulfonamides is 2. The van der Waals surface area contributed by atoms with E-state index < -0.39 is 57.5 Å². The van der Waals surface area contributed by atoms with E-state index in [-0.39, 0.29) is 41.5 Å². The standard InChI is InChI=1S/C25H23F3N6O6S3/c26-25(27,28)22-10-9-20(41(35,36)19-6-2-1-3-7-19)16-23(22)42(37,38)31-18-11-13-34(14-12-18)43(39,40)21-8-4-5-17(15-21)24-29-32-33-30-24/h1-10,15-16,18,31H,11-14H2,(H,29,30,32,33). The highest BCUT2D eigenvalue weighted by Crippen LogP contribution is 2.37. The summed E-state index contributed by atoms with van der Waals surface area (Å²) in [5.41, 5.74) is -1.14. The minimum Gasteiger partial charge on any atom is -0.219 e. The summed E-state index contributed by atoms with van der Waals surface area (Å²) in [5.74, 6) is 0.184. The third-order valence-electron chi connectivity index (χ3n) is 6.76. The maximum absolute atomic E-state index is 13.8. The van der Waals surface area contributed by atoms with Gasteiger partial charge in [0.05, 0.1) is 25.1 Å². The molecule has 4 aromatic rings. The van der Waals surface area contributed by atoms with E-state index in [0.717, 1.165) is 4.31 Å². The zero-order chi connectivity index (χ0) is 31.0. The molecule has 2 N–H and O–H groups in total. The Morgan fingerprint density at radius 1 is 0.814 bits per heavy atom. The third-order valence-corrected chi connectivity index (χ3v) is 12.0. The molecule has 0 bridgehead atoms. The monoisotopic (exact) mass is 656 g/mol. The van der Waals surface area contributed by atoms with Gasteiger partial charge in [-0.1, -0.05) is 30.3 Å². The van der Waals surface area contributed by atoms with E-state index in [0.29, 0.717) is 23.8 Å². The Bertz CT molecular complexity index is 1950. The van der Waals surface area contributed by atoms with E-state index in [1.165, 1.54) is 42.5 Å². The number of alkyl halides is 3. The number of hydrogen-bond acceptors (Lipinski definition) is 9. The molecule has 0 saturated carbocycles. The first-order valence-electron chi connectivity index (χ1n) is 12.6. The molecule has 0 spiro atoms. The Hall–Kier alpha value is -3.71. The van der Waals surface area contributed by atoms with Crippen LogP contribution in [0.1, 0.15) is 18.4 Å². The molecule has 12 nitrogen and oxygen atoms in total. The van der Waals surface area contributed by atoms with Gasteiger partial charge in [0.15, 0.2) is 0 Å². The molecule has 43 heavy (non-hydrogen) atoms. The van der Waals surface area contributed by atoms with Crippen LogP contribution >= 0.6 is 0 Å². The van der Waals surface area contributed by atoms with E-state index in [4.69, 9.17) is 0 Å². The highest BCUT2D eigenvalue weighted by atomic mass is 32.2. The first kappa shape index (κ1) is 30.7. The van der Waals surface area contributed by atoms with Crippen LogP contribution in [-0.4, -0.2) is 69.3 Å². The van der Waals surface area contributed by atoms with E-state index in [1.807, 2.05) is 0 Å². The number of rotatable bonds is 8. The zero-order valence-corrected chi connectivity index (χ0v) is 24.4. The number of halogens is 3. The van der Waals surface area contributed by atoms with Crippen LogP contribution in [0.4, 0.5) is 13.2 Å². The summed E-state index contributed by atoms with van der Waals surface area (Å²) >= 11 is 0. The molecule has 2 heterocycles. The zero-order valence-electron chi connectivity index (χ0n) is 21.9. The average Bonchev–Trinajstić information content (AvgIpc) is 3.52. The Labute approximate surface area is 245 Å². The van der Waals surface area contributed by atoms with Crippen molar-refractivity contribution < 1.29 is 38.4 Å². The van der Waals surface area contributed by atoms with Crippen LogP contribution in [0.15, 0.2) is 92.4 Å². The number of piperidine rings is 1. The minimum absolute atomic E-state index is 0.0493. The molecule has 5 rings (SSSR count). The maximum atomic E-state index is 13.8. The lowest BCUT2D eigenvalue weighted by molar-refractivity contribution is -0.139. The largest absolute Gasteiger partial charge is 0.417 e. The lowest BCUT2D eigenvalue weighted by Crippen LogP contribution is -2.46. The molecule has 1 aromatic heterocycles. The summed E-state index contributed by atoms with van der Waals surface area (Å²) in [6.07, 6.45) is -5.20. The number of aromatic amines is 1. The van der Waals surface area contributed by atoms with Crippen molar-refractivity contribution in [2.45, 2.75) is 44.6 Å². The average molecular weight is 657 g/mol. The topological polar surface area (TPSA) is 172 Å². The number of hydrogen-bond donors (Lipinski definition) is 2. The number of benzene rings is 3. The highest BCUT2D eigenvalue weighted by Gasteiger charge is 2.39. The van der Waals surface area contributed by atoms with Crippen LogP contribution in [0.2, 0.25) is 0 Å². The Morgan fingerprint density at radius 2 is 1.49 bits per heavy atom. The molecule has 18 heteroatoms. The molecule has 0 amide bonds. The van der Waals surface area contributed by atoms with Gasteiger partial charge in [-0.3, -0.25) is 0 Å². The molecule has 0 aliphatic carbocycles. The van der Waals surface area contributed by atoms with Crippen molar-refractivity contribution in [3.05, 3.63) is 78.4 Å². The van der Waals surface area contributed by atoms with Gasteiger partial charge in [0, 0.05) is 24.7 Å². The van der Waals surface area contributed by atoms with Gasteiger partial charge in [0.1, 0.15) is 0 Å². The van der Waals surface area contributed by atoms with E-state index in [9.17, 15) is 38.4 Å². The second-order valence-corrected chi connectivity index (χ2v) is 15.1. The van der Waals surface area contributed by atoms with Crippen molar-refractivity contribution >= 4 is 29.9 Å². The van der Waals surface area contributed by atoms with Crippen LogP contribution in [0.25, 0.3) is 11.4 Å². The van der Waals surface area contributed by atoms with Crippen molar-refractivity contribution in [2.24, 2.45) is 0 Å². The smallest absolute Gasteiger partial charge is 0.219 e. The second kappa shape index (κ2) is 11.4. The molecule has 0 radical (unpaired) electrons. The number of sulfone groups is 1. The summed E-state index contributed by atoms with van der Waals surface area (Å²) < 4.78 is 124. The fourth-order valence-electron chi connectivity index (χ4n) is 4.59. The predicted molar refractivity (Wildman–Crippen MR) is 145 cm³/mol. The fourth-order valence-corrected chi connectivity index (χ4v) is 9.04. The molecule has 0 atom stereocenters. The molecule has 1 saturated heterocycles. The van der Waals surface area contributed by atoms with Crippen LogP contribution in [0.3, 0.4) is 0 Å². The molecule has 1 fully saturated rings. The van der Waals surface area contributed by atoms with Gasteiger partial charge in [-0.2, -0.15) is 22.7 Å². The van der Waals surface area contributed by atoms with Crippen LogP contribution < -0.4 is 4.72 Å². The van der Waals surface area contributed by atoms with Gasteiger partial charge in [-0.05, 0) is 60.5 Å². The summed E-state index contributed by atoms with van der Waals surface area (Å²) in [6, 6.07) is 13.4. The van der Waals surface area contributed by atoms with E-state index >= 15 is 0 Å². The summed E-state index contributed by atoms with van der Waals surface area (Å²) in [4.78, 5) is -2.15. The fraction of sp³-hybridized carbons (Fsp3) is 0.240. The second-order valence-electron chi connectivity index (χ2n) is 9.54. The minimum atomic E-state index is -5.10. The van der Waals surface area contributed by atoms with E-state index in [1.54, 1.807) is 12.1 Å². The van der Waals surface area contributed by atoms with Gasteiger partial charge in [-0.15, -0.1) is 10.2 Å². The number of nitrogens with one attached hydrogen (secondary N) is 2. The first-order chi connectivity index (χ1) is 20.2. The highest BCUT2D eigenvalue weighted by molar-refractivity contribution is 7.91. The number of aromatic nitrogens is 4. The normalized spacial score (nSPS) is 15.9. The number of tetrazole rings is 1. The molecule has 1 aliphatic heterocycles. The Kier molecular flexibility index (Phi) is 8.16. The Morgan fingerprint density at radius 3 is 2.12 bits per heavy atom. The van der Waals surface area contributed by atoms with Crippen LogP contribution in [-0.2, 0) is 36.1 Å². The number of H-pyrrole nitrogens is 1. The SMILES string of the molecule is O=S(=O)(NC1CCN(S(=O)(=O)c2cccc(-c3nn[nH]n3)c2)CC1)c1cc(S(=O)(=O)c2ccccc2)ccc1C(F)(F)F. The summed E-state index contributed by atoms with van der Waals surface area (Å²) in [7, 11) is -13.2. The lowest BCUT2D eigenvalue weighted by atomic mass is 10.1. The Balaban J connectivity index is 1.36. The van der Waals surface area contributed by atoms with E-state index in [2.05, 4.69) is 25.3 Å². The molecular weight excluding hydrogens is 634 g/mol. The van der Waals surface area contributed by atoms with Gasteiger partial charge >= 0.3 is 6.18 Å². The van der Waals surface area contributed by atoms with Crippen molar-refractivity contribution in [1.82, 2.24) is 29.7 Å². The van der Waals surface area contributed by atoms with Crippen LogP contribution in [0, 0.1) is 0 Å². The molecule has 228 valence electrons. The van der Waals surface area contributed by atoms with Gasteiger partial charge in [0.2, 0.25) is 35.7 Å². The van der Waals surface area contributed by atoms with Crippen molar-refractivity contribution in [1.29, 1.82) is 0 Å². The number of nitrogens with zero attached hydrogens (tertiary/aromatic N) is 4. The maximum Gasteiger partial charge on any atom is 0.417 e. The molecular formula is C25H23F3N6O6S3. The predicted octanol–water partition coefficient (Wildman–Crippen LogP) is 2.85. The third kappa shape index (κ3) is 6.32. The van der Waals surface area contributed by atoms with Crippen molar-refractivity contribution in [3.8, 4) is 11.4 Å². The molecule has 0 unspecified atom stereocenters. The van der Waals surface area contributed by atoms with Crippen LogP contribution in [0.5, 0.6) is 0 Å². The molecule has 1 aliphatic rings. The van der Waals surface area contributed by atoms with Gasteiger partial charge < -0.3 is 0 Å². The first-order valence-corrected chi connectivity index (χ1v) is 17.0. The summed E-state index contributed by atoms with van der Waals surface area (Å²) in [5, 5.41) is 13.4. The molecule has 3 aromatic carbocycles. The van der Waals surface area contributed by atoms with Crippen molar-refractivity contribution in [3.63, 3.8) is 0 Å².